The number of fused-ring (bicyclic) bond motifs is 1. The molecule has 0 amide bonds. The van der Waals surface area contributed by atoms with Crippen molar-refractivity contribution in [2.45, 2.75) is 5.75 Å². The average Bonchev–Trinajstić information content (AvgIpc) is 2.86. The minimum Gasteiger partial charge on any atom is -0.454 e. The first kappa shape index (κ1) is 11.5. The van der Waals surface area contributed by atoms with Crippen LogP contribution in [0.1, 0.15) is 5.56 Å². The van der Waals surface area contributed by atoms with E-state index < -0.39 is 0 Å². The van der Waals surface area contributed by atoms with Gasteiger partial charge in [-0.15, -0.1) is 0 Å². The first-order chi connectivity index (χ1) is 8.86. The second-order valence-electron chi connectivity index (χ2n) is 4.20. The number of thioether (sulfide) groups is 1. The van der Waals surface area contributed by atoms with Gasteiger partial charge in [0, 0.05) is 5.75 Å². The summed E-state index contributed by atoms with van der Waals surface area (Å²) >= 11 is 1.83. The monoisotopic (exact) mass is 258 g/mol. The molecule has 0 saturated heterocycles. The van der Waals surface area contributed by atoms with Crippen molar-refractivity contribution in [1.29, 1.82) is 0 Å². The van der Waals surface area contributed by atoms with E-state index in [2.05, 4.69) is 36.6 Å². The lowest BCUT2D eigenvalue weighted by atomic mass is 10.0. The van der Waals surface area contributed by atoms with Crippen LogP contribution >= 0.6 is 11.8 Å². The maximum atomic E-state index is 5.41. The number of hydrogen-bond donors (Lipinski definition) is 0. The maximum absolute atomic E-state index is 5.41. The molecule has 0 atom stereocenters. The summed E-state index contributed by atoms with van der Waals surface area (Å²) in [7, 11) is 0. The van der Waals surface area contributed by atoms with Gasteiger partial charge in [-0.2, -0.15) is 11.8 Å². The number of rotatable bonds is 3. The van der Waals surface area contributed by atoms with Crippen LogP contribution in [0.4, 0.5) is 0 Å². The molecular formula is C15H14O2S. The standard InChI is InChI=1S/C15H14O2S/c1-18-9-11-3-2-4-12(7-11)13-5-6-14-15(8-13)17-10-16-14/h2-8H,9-10H2,1H3. The van der Waals surface area contributed by atoms with Gasteiger partial charge in [-0.1, -0.05) is 30.3 Å². The van der Waals surface area contributed by atoms with Gasteiger partial charge in [0.15, 0.2) is 11.5 Å². The highest BCUT2D eigenvalue weighted by Gasteiger charge is 2.13. The minimum atomic E-state index is 0.325. The summed E-state index contributed by atoms with van der Waals surface area (Å²) in [5.41, 5.74) is 3.74. The zero-order chi connectivity index (χ0) is 12.4. The van der Waals surface area contributed by atoms with E-state index in [1.807, 2.05) is 23.9 Å². The fraction of sp³-hybridized carbons (Fsp3) is 0.200. The second-order valence-corrected chi connectivity index (χ2v) is 5.07. The van der Waals surface area contributed by atoms with E-state index in [4.69, 9.17) is 9.47 Å². The number of benzene rings is 2. The molecule has 1 aliphatic heterocycles. The van der Waals surface area contributed by atoms with Crippen LogP contribution < -0.4 is 9.47 Å². The highest BCUT2D eigenvalue weighted by molar-refractivity contribution is 7.97. The lowest BCUT2D eigenvalue weighted by Gasteiger charge is -2.05. The molecule has 1 aliphatic rings. The van der Waals surface area contributed by atoms with Crippen molar-refractivity contribution in [1.82, 2.24) is 0 Å². The Balaban J connectivity index is 1.96. The quantitative estimate of drug-likeness (QED) is 0.830. The lowest BCUT2D eigenvalue weighted by Crippen LogP contribution is -1.92. The summed E-state index contributed by atoms with van der Waals surface area (Å²) in [6.07, 6.45) is 2.12. The summed E-state index contributed by atoms with van der Waals surface area (Å²) in [6, 6.07) is 14.7. The van der Waals surface area contributed by atoms with Crippen LogP contribution in [0.3, 0.4) is 0 Å². The molecule has 0 saturated carbocycles. The normalized spacial score (nSPS) is 12.7. The molecule has 0 N–H and O–H groups in total. The molecule has 0 spiro atoms. The van der Waals surface area contributed by atoms with Crippen molar-refractivity contribution < 1.29 is 9.47 Å². The smallest absolute Gasteiger partial charge is 0.231 e. The highest BCUT2D eigenvalue weighted by Crippen LogP contribution is 2.36. The van der Waals surface area contributed by atoms with Crippen molar-refractivity contribution >= 4 is 11.8 Å². The van der Waals surface area contributed by atoms with Crippen molar-refractivity contribution in [3.8, 4) is 22.6 Å². The SMILES string of the molecule is CSCc1cccc(-c2ccc3c(c2)OCO3)c1. The van der Waals surface area contributed by atoms with Crippen molar-refractivity contribution in [2.24, 2.45) is 0 Å². The molecule has 2 aromatic carbocycles. The van der Waals surface area contributed by atoms with Crippen LogP contribution in [0.2, 0.25) is 0 Å². The van der Waals surface area contributed by atoms with Gasteiger partial charge < -0.3 is 9.47 Å². The van der Waals surface area contributed by atoms with Crippen LogP contribution in [-0.2, 0) is 5.75 Å². The van der Waals surface area contributed by atoms with E-state index in [9.17, 15) is 0 Å². The van der Waals surface area contributed by atoms with Gasteiger partial charge in [0.1, 0.15) is 0 Å². The van der Waals surface area contributed by atoms with Gasteiger partial charge in [0.25, 0.3) is 0 Å². The predicted octanol–water partition coefficient (Wildman–Crippen LogP) is 3.95. The Morgan fingerprint density at radius 1 is 1.00 bits per heavy atom. The molecular weight excluding hydrogens is 244 g/mol. The molecule has 0 fully saturated rings. The van der Waals surface area contributed by atoms with Crippen molar-refractivity contribution in [2.75, 3.05) is 13.0 Å². The predicted molar refractivity (Wildman–Crippen MR) is 75.2 cm³/mol. The van der Waals surface area contributed by atoms with Crippen LogP contribution in [0.5, 0.6) is 11.5 Å². The van der Waals surface area contributed by atoms with Crippen LogP contribution in [0.25, 0.3) is 11.1 Å². The van der Waals surface area contributed by atoms with E-state index >= 15 is 0 Å². The number of ether oxygens (including phenoxy) is 2. The molecule has 2 nitrogen and oxygen atoms in total. The second kappa shape index (κ2) is 4.94. The molecule has 18 heavy (non-hydrogen) atoms. The summed E-state index contributed by atoms with van der Waals surface area (Å²) in [6.45, 7) is 0.325. The molecule has 0 unspecified atom stereocenters. The van der Waals surface area contributed by atoms with E-state index in [1.54, 1.807) is 0 Å². The van der Waals surface area contributed by atoms with Crippen LogP contribution in [0, 0.1) is 0 Å². The molecule has 0 aliphatic carbocycles. The molecule has 0 aromatic heterocycles. The average molecular weight is 258 g/mol. The Kier molecular flexibility index (Phi) is 3.15. The Bertz CT molecular complexity index is 566. The molecule has 2 aromatic rings. The Labute approximate surface area is 111 Å². The summed E-state index contributed by atoms with van der Waals surface area (Å²) in [4.78, 5) is 0. The minimum absolute atomic E-state index is 0.325. The zero-order valence-corrected chi connectivity index (χ0v) is 11.0. The topological polar surface area (TPSA) is 18.5 Å². The van der Waals surface area contributed by atoms with E-state index in [0.717, 1.165) is 17.3 Å². The summed E-state index contributed by atoms with van der Waals surface area (Å²) < 4.78 is 10.7. The van der Waals surface area contributed by atoms with Gasteiger partial charge in [0.05, 0.1) is 0 Å². The summed E-state index contributed by atoms with van der Waals surface area (Å²) in [5, 5.41) is 0. The fourth-order valence-electron chi connectivity index (χ4n) is 2.08. The highest BCUT2D eigenvalue weighted by atomic mass is 32.2. The summed E-state index contributed by atoms with van der Waals surface area (Å²) in [5.74, 6) is 2.71. The van der Waals surface area contributed by atoms with Gasteiger partial charge in [-0.3, -0.25) is 0 Å². The van der Waals surface area contributed by atoms with E-state index in [1.165, 1.54) is 16.7 Å². The van der Waals surface area contributed by atoms with E-state index in [0.29, 0.717) is 6.79 Å². The Morgan fingerprint density at radius 2 is 1.83 bits per heavy atom. The van der Waals surface area contributed by atoms with E-state index in [-0.39, 0.29) is 0 Å². The largest absolute Gasteiger partial charge is 0.454 e. The lowest BCUT2D eigenvalue weighted by molar-refractivity contribution is 0.174. The third kappa shape index (κ3) is 2.18. The van der Waals surface area contributed by atoms with Crippen LogP contribution in [-0.4, -0.2) is 13.0 Å². The molecule has 92 valence electrons. The third-order valence-corrected chi connectivity index (χ3v) is 3.57. The molecule has 3 rings (SSSR count). The first-order valence-corrected chi connectivity index (χ1v) is 7.24. The van der Waals surface area contributed by atoms with Crippen molar-refractivity contribution in [3.63, 3.8) is 0 Å². The van der Waals surface area contributed by atoms with Gasteiger partial charge in [-0.25, -0.2) is 0 Å². The third-order valence-electron chi connectivity index (χ3n) is 2.94. The van der Waals surface area contributed by atoms with Gasteiger partial charge in [0.2, 0.25) is 6.79 Å². The first-order valence-electron chi connectivity index (χ1n) is 5.85. The fourth-order valence-corrected chi connectivity index (χ4v) is 2.60. The molecule has 3 heteroatoms. The van der Waals surface area contributed by atoms with Gasteiger partial charge in [-0.05, 0) is 35.1 Å². The molecule has 0 radical (unpaired) electrons. The van der Waals surface area contributed by atoms with Gasteiger partial charge >= 0.3 is 0 Å². The van der Waals surface area contributed by atoms with Crippen LogP contribution in [0.15, 0.2) is 42.5 Å². The Morgan fingerprint density at radius 3 is 2.72 bits per heavy atom. The maximum Gasteiger partial charge on any atom is 0.231 e. The Hall–Kier alpha value is -1.61. The molecule has 0 bridgehead atoms. The zero-order valence-electron chi connectivity index (χ0n) is 10.2. The number of hydrogen-bond acceptors (Lipinski definition) is 3. The van der Waals surface area contributed by atoms with Crippen molar-refractivity contribution in [3.05, 3.63) is 48.0 Å². The molecule has 1 heterocycles.